The molecule has 0 aromatic rings. The van der Waals surface area contributed by atoms with Crippen molar-refractivity contribution in [2.24, 2.45) is 5.92 Å². The van der Waals surface area contributed by atoms with E-state index in [1.165, 1.54) is 19.4 Å². The van der Waals surface area contributed by atoms with E-state index >= 15 is 0 Å². The molecule has 4 unspecified atom stereocenters. The third-order valence-corrected chi connectivity index (χ3v) is 4.15. The van der Waals surface area contributed by atoms with Crippen molar-refractivity contribution >= 4 is 0 Å². The lowest BCUT2D eigenvalue weighted by atomic mass is 9.84. The minimum atomic E-state index is -0.387. The van der Waals surface area contributed by atoms with E-state index in [2.05, 4.69) is 24.5 Å². The largest absolute Gasteiger partial charge is 0.389 e. The molecule has 2 fully saturated rings. The first-order valence-electron chi connectivity index (χ1n) is 7.41. The smallest absolute Gasteiger partial charge is 0.0897 e. The summed E-state index contributed by atoms with van der Waals surface area (Å²) in [7, 11) is 0. The SMILES string of the molecule is CC(C)NCC(O)COC1CCC2CCNC2C1. The fourth-order valence-electron chi connectivity index (χ4n) is 3.07. The number of aliphatic hydroxyl groups is 1. The molecule has 1 aliphatic carbocycles. The minimum Gasteiger partial charge on any atom is -0.389 e. The summed E-state index contributed by atoms with van der Waals surface area (Å²) in [6.45, 7) is 6.42. The molecule has 106 valence electrons. The maximum absolute atomic E-state index is 9.81. The lowest BCUT2D eigenvalue weighted by molar-refractivity contribution is -0.0323. The van der Waals surface area contributed by atoms with Crippen molar-refractivity contribution in [3.05, 3.63) is 0 Å². The van der Waals surface area contributed by atoms with Gasteiger partial charge in [0, 0.05) is 18.6 Å². The molecule has 0 radical (unpaired) electrons. The zero-order chi connectivity index (χ0) is 13.0. The quantitative estimate of drug-likeness (QED) is 0.661. The topological polar surface area (TPSA) is 53.5 Å². The molecule has 0 amide bonds. The Morgan fingerprint density at radius 3 is 2.94 bits per heavy atom. The van der Waals surface area contributed by atoms with Gasteiger partial charge in [0.25, 0.3) is 0 Å². The number of fused-ring (bicyclic) bond motifs is 1. The Balaban J connectivity index is 1.61. The molecular formula is C14H28N2O2. The summed E-state index contributed by atoms with van der Waals surface area (Å²) < 4.78 is 5.86. The van der Waals surface area contributed by atoms with Gasteiger partial charge >= 0.3 is 0 Å². The fourth-order valence-corrected chi connectivity index (χ4v) is 3.07. The summed E-state index contributed by atoms with van der Waals surface area (Å²) in [6, 6.07) is 1.08. The highest BCUT2D eigenvalue weighted by atomic mass is 16.5. The van der Waals surface area contributed by atoms with Gasteiger partial charge in [-0.3, -0.25) is 0 Å². The molecule has 18 heavy (non-hydrogen) atoms. The van der Waals surface area contributed by atoms with E-state index in [0.29, 0.717) is 31.3 Å². The Kier molecular flexibility index (Phi) is 5.42. The van der Waals surface area contributed by atoms with E-state index in [4.69, 9.17) is 4.74 Å². The van der Waals surface area contributed by atoms with Crippen molar-refractivity contribution in [2.75, 3.05) is 19.7 Å². The van der Waals surface area contributed by atoms with Crippen LogP contribution in [0, 0.1) is 5.92 Å². The van der Waals surface area contributed by atoms with E-state index in [-0.39, 0.29) is 6.10 Å². The number of ether oxygens (including phenoxy) is 1. The molecule has 4 heteroatoms. The van der Waals surface area contributed by atoms with E-state index in [1.54, 1.807) is 0 Å². The fraction of sp³-hybridized carbons (Fsp3) is 1.00. The summed E-state index contributed by atoms with van der Waals surface area (Å²) in [4.78, 5) is 0. The molecule has 3 N–H and O–H groups in total. The summed E-state index contributed by atoms with van der Waals surface area (Å²) in [6.07, 6.45) is 4.84. The lowest BCUT2D eigenvalue weighted by Crippen LogP contribution is -2.39. The highest BCUT2D eigenvalue weighted by Gasteiger charge is 2.33. The van der Waals surface area contributed by atoms with Crippen LogP contribution in [0.1, 0.15) is 39.5 Å². The molecule has 1 heterocycles. The van der Waals surface area contributed by atoms with Crippen LogP contribution in [0.3, 0.4) is 0 Å². The lowest BCUT2D eigenvalue weighted by Gasteiger charge is -2.32. The van der Waals surface area contributed by atoms with Gasteiger partial charge in [0.2, 0.25) is 0 Å². The van der Waals surface area contributed by atoms with E-state index < -0.39 is 0 Å². The summed E-state index contributed by atoms with van der Waals surface area (Å²) in [5.41, 5.74) is 0. The number of nitrogens with one attached hydrogen (secondary N) is 2. The van der Waals surface area contributed by atoms with Crippen LogP contribution < -0.4 is 10.6 Å². The van der Waals surface area contributed by atoms with Gasteiger partial charge in [0.05, 0.1) is 18.8 Å². The van der Waals surface area contributed by atoms with E-state index in [1.807, 2.05) is 0 Å². The molecule has 4 atom stereocenters. The molecule has 2 rings (SSSR count). The van der Waals surface area contributed by atoms with Gasteiger partial charge in [-0.2, -0.15) is 0 Å². The third kappa shape index (κ3) is 4.19. The van der Waals surface area contributed by atoms with Gasteiger partial charge in [-0.05, 0) is 38.1 Å². The first-order chi connectivity index (χ1) is 8.65. The van der Waals surface area contributed by atoms with E-state index in [9.17, 15) is 5.11 Å². The van der Waals surface area contributed by atoms with Crippen molar-refractivity contribution < 1.29 is 9.84 Å². The van der Waals surface area contributed by atoms with Crippen LogP contribution in [0.4, 0.5) is 0 Å². The molecule has 0 spiro atoms. The van der Waals surface area contributed by atoms with Crippen molar-refractivity contribution in [3.63, 3.8) is 0 Å². The van der Waals surface area contributed by atoms with Crippen molar-refractivity contribution in [1.82, 2.24) is 10.6 Å². The first-order valence-corrected chi connectivity index (χ1v) is 7.41. The molecule has 1 saturated carbocycles. The Bertz CT molecular complexity index is 248. The van der Waals surface area contributed by atoms with Crippen molar-refractivity contribution in [2.45, 2.75) is 63.8 Å². The number of aliphatic hydroxyl groups excluding tert-OH is 1. The third-order valence-electron chi connectivity index (χ3n) is 4.15. The Morgan fingerprint density at radius 2 is 2.17 bits per heavy atom. The van der Waals surface area contributed by atoms with Crippen LogP contribution in [-0.4, -0.2) is 49.1 Å². The normalized spacial score (nSPS) is 33.7. The summed E-state index contributed by atoms with van der Waals surface area (Å²) in [5, 5.41) is 16.6. The molecule has 0 bridgehead atoms. The maximum atomic E-state index is 9.81. The highest BCUT2D eigenvalue weighted by molar-refractivity contribution is 4.90. The van der Waals surface area contributed by atoms with Gasteiger partial charge in [-0.15, -0.1) is 0 Å². The number of hydrogen-bond acceptors (Lipinski definition) is 4. The second-order valence-electron chi connectivity index (χ2n) is 6.09. The van der Waals surface area contributed by atoms with Gasteiger partial charge in [0.1, 0.15) is 0 Å². The van der Waals surface area contributed by atoms with E-state index in [0.717, 1.165) is 18.8 Å². The van der Waals surface area contributed by atoms with Crippen LogP contribution in [0.2, 0.25) is 0 Å². The Hall–Kier alpha value is -0.160. The van der Waals surface area contributed by atoms with Crippen LogP contribution in [0.5, 0.6) is 0 Å². The molecule has 1 saturated heterocycles. The Labute approximate surface area is 110 Å². The van der Waals surface area contributed by atoms with Crippen LogP contribution in [-0.2, 0) is 4.74 Å². The molecule has 4 nitrogen and oxygen atoms in total. The standard InChI is InChI=1S/C14H28N2O2/c1-10(2)16-8-12(17)9-18-13-4-3-11-5-6-15-14(11)7-13/h10-17H,3-9H2,1-2H3. The first kappa shape index (κ1) is 14.3. The predicted octanol–water partition coefficient (Wildman–Crippen LogP) is 0.892. The van der Waals surface area contributed by atoms with Crippen molar-refractivity contribution in [3.8, 4) is 0 Å². The summed E-state index contributed by atoms with van der Waals surface area (Å²) >= 11 is 0. The summed E-state index contributed by atoms with van der Waals surface area (Å²) in [5.74, 6) is 0.873. The maximum Gasteiger partial charge on any atom is 0.0897 e. The van der Waals surface area contributed by atoms with Crippen LogP contribution in [0.25, 0.3) is 0 Å². The van der Waals surface area contributed by atoms with Gasteiger partial charge in [-0.25, -0.2) is 0 Å². The molecule has 2 aliphatic rings. The second kappa shape index (κ2) is 6.85. The number of hydrogen-bond donors (Lipinski definition) is 3. The van der Waals surface area contributed by atoms with Crippen molar-refractivity contribution in [1.29, 1.82) is 0 Å². The second-order valence-corrected chi connectivity index (χ2v) is 6.09. The minimum absolute atomic E-state index is 0.338. The van der Waals surface area contributed by atoms with Crippen LogP contribution >= 0.6 is 0 Å². The average Bonchev–Trinajstić information content (AvgIpc) is 2.81. The average molecular weight is 256 g/mol. The molecular weight excluding hydrogens is 228 g/mol. The molecule has 0 aromatic carbocycles. The molecule has 1 aliphatic heterocycles. The highest BCUT2D eigenvalue weighted by Crippen LogP contribution is 2.32. The monoisotopic (exact) mass is 256 g/mol. The van der Waals surface area contributed by atoms with Gasteiger partial charge < -0.3 is 20.5 Å². The predicted molar refractivity (Wildman–Crippen MR) is 72.6 cm³/mol. The van der Waals surface area contributed by atoms with Gasteiger partial charge in [-0.1, -0.05) is 13.8 Å². The Morgan fingerprint density at radius 1 is 1.33 bits per heavy atom. The number of rotatable bonds is 6. The van der Waals surface area contributed by atoms with Gasteiger partial charge in [0.15, 0.2) is 0 Å². The molecule has 0 aromatic heterocycles. The zero-order valence-corrected chi connectivity index (χ0v) is 11.7. The van der Waals surface area contributed by atoms with Crippen LogP contribution in [0.15, 0.2) is 0 Å². The zero-order valence-electron chi connectivity index (χ0n) is 11.7.